The first-order chi connectivity index (χ1) is 17.4. The molecule has 7 N–H and O–H groups in total. The van der Waals surface area contributed by atoms with Gasteiger partial charge in [-0.15, -0.1) is 0 Å². The zero-order valence-corrected chi connectivity index (χ0v) is 21.1. The van der Waals surface area contributed by atoms with Gasteiger partial charge in [0.05, 0.1) is 6.04 Å². The van der Waals surface area contributed by atoms with Crippen LogP contribution in [0.15, 0.2) is 24.3 Å². The Hall–Kier alpha value is -3.67. The Labute approximate surface area is 215 Å². The van der Waals surface area contributed by atoms with E-state index in [4.69, 9.17) is 10.8 Å². The summed E-state index contributed by atoms with van der Waals surface area (Å²) in [7, 11) is 0. The topological polar surface area (TPSA) is 199 Å². The molecular weight excluding hydrogens is 484 g/mol. The summed E-state index contributed by atoms with van der Waals surface area (Å²) in [5.74, 6) is -4.17. The van der Waals surface area contributed by atoms with Crippen LogP contribution >= 0.6 is 0 Å². The first-order valence-corrected chi connectivity index (χ1v) is 12.3. The Kier molecular flexibility index (Phi) is 10.9. The van der Waals surface area contributed by atoms with Gasteiger partial charge >= 0.3 is 11.9 Å². The number of hydrogen-bond donors (Lipinski definition) is 6. The summed E-state index contributed by atoms with van der Waals surface area (Å²) in [4.78, 5) is 63.2. The van der Waals surface area contributed by atoms with E-state index in [9.17, 15) is 34.2 Å². The zero-order valence-electron chi connectivity index (χ0n) is 21.1. The highest BCUT2D eigenvalue weighted by molar-refractivity contribution is 5.94. The number of carboxylic acids is 2. The number of amides is 3. The third-order valence-electron chi connectivity index (χ3n) is 6.15. The van der Waals surface area contributed by atoms with Gasteiger partial charge in [-0.25, -0.2) is 4.79 Å². The summed E-state index contributed by atoms with van der Waals surface area (Å²) in [5, 5.41) is 33.0. The fourth-order valence-corrected chi connectivity index (χ4v) is 4.27. The molecule has 37 heavy (non-hydrogen) atoms. The smallest absolute Gasteiger partial charge is 0.326 e. The average molecular weight is 521 g/mol. The maximum atomic E-state index is 13.1. The average Bonchev–Trinajstić information content (AvgIpc) is 3.31. The maximum absolute atomic E-state index is 13.1. The number of carbonyl (C=O) groups excluding carboxylic acids is 3. The molecule has 1 aromatic rings. The van der Waals surface area contributed by atoms with Gasteiger partial charge < -0.3 is 36.6 Å². The standard InChI is InChI=1S/C25H36N4O8/c1-14(2)12-17(26)24(35)29-11-3-4-20(29)23(34)27-18(9-10-21(31)32)22(33)28-19(25(36)37)13-15-5-7-16(30)8-6-15/h5-8,14,17-20,30H,3-4,9-13,26H2,1-2H3,(H,27,34)(H,28,33)(H,31,32)(H,36,37). The molecule has 0 aromatic heterocycles. The highest BCUT2D eigenvalue weighted by atomic mass is 16.4. The molecule has 1 heterocycles. The van der Waals surface area contributed by atoms with E-state index in [2.05, 4.69) is 10.6 Å². The van der Waals surface area contributed by atoms with E-state index in [1.54, 1.807) is 0 Å². The van der Waals surface area contributed by atoms with Gasteiger partial charge in [0.2, 0.25) is 17.7 Å². The van der Waals surface area contributed by atoms with E-state index < -0.39 is 54.3 Å². The van der Waals surface area contributed by atoms with Gasteiger partial charge in [-0.1, -0.05) is 26.0 Å². The molecule has 1 fully saturated rings. The van der Waals surface area contributed by atoms with Crippen molar-refractivity contribution in [1.82, 2.24) is 15.5 Å². The number of nitrogens with two attached hydrogens (primary N) is 1. The fourth-order valence-electron chi connectivity index (χ4n) is 4.27. The maximum Gasteiger partial charge on any atom is 0.326 e. The summed E-state index contributed by atoms with van der Waals surface area (Å²) in [5.41, 5.74) is 6.56. The minimum absolute atomic E-state index is 0.000655. The van der Waals surface area contributed by atoms with Gasteiger partial charge in [0, 0.05) is 19.4 Å². The monoisotopic (exact) mass is 520 g/mol. The van der Waals surface area contributed by atoms with Crippen molar-refractivity contribution in [3.63, 3.8) is 0 Å². The molecule has 0 bridgehead atoms. The predicted molar refractivity (Wildman–Crippen MR) is 132 cm³/mol. The molecule has 1 aliphatic heterocycles. The summed E-state index contributed by atoms with van der Waals surface area (Å²) in [6.07, 6.45) is 0.562. The molecule has 12 nitrogen and oxygen atoms in total. The van der Waals surface area contributed by atoms with Crippen LogP contribution in [0.3, 0.4) is 0 Å². The van der Waals surface area contributed by atoms with Crippen molar-refractivity contribution in [3.8, 4) is 5.75 Å². The molecule has 1 saturated heterocycles. The van der Waals surface area contributed by atoms with Gasteiger partial charge in [-0.05, 0) is 49.3 Å². The van der Waals surface area contributed by atoms with Gasteiger partial charge in [0.25, 0.3) is 0 Å². The first-order valence-electron chi connectivity index (χ1n) is 12.3. The van der Waals surface area contributed by atoms with Crippen LogP contribution in [-0.2, 0) is 30.4 Å². The van der Waals surface area contributed by atoms with Crippen LogP contribution in [0, 0.1) is 5.92 Å². The Bertz CT molecular complexity index is 981. The van der Waals surface area contributed by atoms with Gasteiger partial charge in [-0.3, -0.25) is 19.2 Å². The van der Waals surface area contributed by atoms with Crippen LogP contribution in [0.1, 0.15) is 51.5 Å². The van der Waals surface area contributed by atoms with E-state index in [0.29, 0.717) is 31.4 Å². The van der Waals surface area contributed by atoms with Crippen LogP contribution in [0.4, 0.5) is 0 Å². The van der Waals surface area contributed by atoms with Crippen molar-refractivity contribution in [3.05, 3.63) is 29.8 Å². The number of nitrogens with one attached hydrogen (secondary N) is 2. The number of phenolic OH excluding ortho intramolecular Hbond substituents is 1. The Morgan fingerprint density at radius 3 is 2.27 bits per heavy atom. The predicted octanol–water partition coefficient (Wildman–Crippen LogP) is 0.218. The van der Waals surface area contributed by atoms with Crippen molar-refractivity contribution in [1.29, 1.82) is 0 Å². The van der Waals surface area contributed by atoms with Crippen molar-refractivity contribution in [2.75, 3.05) is 6.54 Å². The van der Waals surface area contributed by atoms with E-state index in [1.807, 2.05) is 13.8 Å². The number of rotatable bonds is 13. The molecule has 4 atom stereocenters. The minimum Gasteiger partial charge on any atom is -0.508 e. The minimum atomic E-state index is -1.36. The number of hydrogen-bond acceptors (Lipinski definition) is 7. The molecule has 2 rings (SSSR count). The van der Waals surface area contributed by atoms with Crippen molar-refractivity contribution >= 4 is 29.7 Å². The summed E-state index contributed by atoms with van der Waals surface area (Å²) >= 11 is 0. The molecular formula is C25H36N4O8. The van der Waals surface area contributed by atoms with Crippen molar-refractivity contribution in [2.24, 2.45) is 11.7 Å². The molecule has 0 aliphatic carbocycles. The molecule has 1 aliphatic rings. The second-order valence-electron chi connectivity index (χ2n) is 9.69. The number of aromatic hydroxyl groups is 1. The largest absolute Gasteiger partial charge is 0.508 e. The molecule has 3 amide bonds. The lowest BCUT2D eigenvalue weighted by Crippen LogP contribution is -2.57. The quantitative estimate of drug-likeness (QED) is 0.210. The zero-order chi connectivity index (χ0) is 27.7. The number of carboxylic acid groups (broad SMARTS) is 2. The number of nitrogens with zero attached hydrogens (tertiary/aromatic N) is 1. The SMILES string of the molecule is CC(C)CC(N)C(=O)N1CCCC1C(=O)NC(CCC(=O)O)C(=O)NC(Cc1ccc(O)cc1)C(=O)O. The highest BCUT2D eigenvalue weighted by Crippen LogP contribution is 2.20. The third-order valence-corrected chi connectivity index (χ3v) is 6.15. The van der Waals surface area contributed by atoms with Gasteiger partial charge in [0.15, 0.2) is 0 Å². The van der Waals surface area contributed by atoms with E-state index in [-0.39, 0.29) is 30.4 Å². The van der Waals surface area contributed by atoms with E-state index in [0.717, 1.165) is 0 Å². The van der Waals surface area contributed by atoms with Crippen molar-refractivity contribution in [2.45, 2.75) is 76.5 Å². The first kappa shape index (κ1) is 29.6. The number of phenols is 1. The van der Waals surface area contributed by atoms with Crippen molar-refractivity contribution < 1.29 is 39.3 Å². The molecule has 4 unspecified atom stereocenters. The molecule has 0 saturated carbocycles. The van der Waals surface area contributed by atoms with Gasteiger partial charge in [0.1, 0.15) is 23.9 Å². The van der Waals surface area contributed by atoms with E-state index >= 15 is 0 Å². The Morgan fingerprint density at radius 2 is 1.70 bits per heavy atom. The molecule has 1 aromatic carbocycles. The number of carbonyl (C=O) groups is 5. The number of aliphatic carboxylic acids is 2. The Morgan fingerprint density at radius 1 is 1.05 bits per heavy atom. The molecule has 12 heteroatoms. The van der Waals surface area contributed by atoms with Crippen LogP contribution in [0.25, 0.3) is 0 Å². The van der Waals surface area contributed by atoms with Crippen LogP contribution in [0.5, 0.6) is 5.75 Å². The Balaban J connectivity index is 2.13. The van der Waals surface area contributed by atoms with Crippen LogP contribution in [0.2, 0.25) is 0 Å². The van der Waals surface area contributed by atoms with Crippen LogP contribution in [-0.4, -0.2) is 80.6 Å². The lowest BCUT2D eigenvalue weighted by molar-refractivity contribution is -0.143. The van der Waals surface area contributed by atoms with E-state index in [1.165, 1.54) is 29.2 Å². The normalized spacial score (nSPS) is 17.6. The third kappa shape index (κ3) is 9.05. The summed E-state index contributed by atoms with van der Waals surface area (Å²) in [6, 6.07) is 1.47. The number of benzene rings is 1. The lowest BCUT2D eigenvalue weighted by atomic mass is 10.0. The summed E-state index contributed by atoms with van der Waals surface area (Å²) < 4.78 is 0. The highest BCUT2D eigenvalue weighted by Gasteiger charge is 2.38. The second-order valence-corrected chi connectivity index (χ2v) is 9.69. The van der Waals surface area contributed by atoms with Gasteiger partial charge in [-0.2, -0.15) is 0 Å². The summed E-state index contributed by atoms with van der Waals surface area (Å²) in [6.45, 7) is 4.19. The fraction of sp³-hybridized carbons (Fsp3) is 0.560. The lowest BCUT2D eigenvalue weighted by Gasteiger charge is -2.29. The van der Waals surface area contributed by atoms with Crippen LogP contribution < -0.4 is 16.4 Å². The number of likely N-dealkylation sites (tertiary alicyclic amines) is 1. The molecule has 0 radical (unpaired) electrons. The molecule has 204 valence electrons. The molecule has 0 spiro atoms. The second kappa shape index (κ2) is 13.6.